The van der Waals surface area contributed by atoms with E-state index in [1.165, 1.54) is 4.68 Å². The van der Waals surface area contributed by atoms with Crippen molar-refractivity contribution in [2.24, 2.45) is 0 Å². The molecular formula is C21H23ClF3N5O. The van der Waals surface area contributed by atoms with E-state index in [0.717, 1.165) is 23.0 Å². The summed E-state index contributed by atoms with van der Waals surface area (Å²) in [5.74, 6) is -0.249. The summed E-state index contributed by atoms with van der Waals surface area (Å²) in [6, 6.07) is 8.20. The topological polar surface area (TPSA) is 64.7 Å². The van der Waals surface area contributed by atoms with Gasteiger partial charge >= 0.3 is 6.18 Å². The van der Waals surface area contributed by atoms with Gasteiger partial charge in [-0.15, -0.1) is 0 Å². The molecule has 10 heteroatoms. The summed E-state index contributed by atoms with van der Waals surface area (Å²) in [5, 5.41) is 11.4. The quantitative estimate of drug-likeness (QED) is 0.534. The molecule has 2 aromatic heterocycles. The Kier molecular flexibility index (Phi) is 6.74. The standard InChI is InChI=1S/C21H23ClF3N5O/c1-13-10-18(21(23,24)25)28-29(13)9-5-8-26-20(31)17-7-4-6-16(11-17)12-30-15(3)19(22)14(2)27-30/h4,6-7,10-11H,5,8-9,12H2,1-3H3,(H,26,31). The van der Waals surface area contributed by atoms with Crippen LogP contribution in [0.4, 0.5) is 13.2 Å². The summed E-state index contributed by atoms with van der Waals surface area (Å²) < 4.78 is 41.3. The minimum Gasteiger partial charge on any atom is -0.352 e. The lowest BCUT2D eigenvalue weighted by Gasteiger charge is -2.09. The normalized spacial score (nSPS) is 11.7. The first-order valence-electron chi connectivity index (χ1n) is 9.74. The monoisotopic (exact) mass is 453 g/mol. The van der Waals surface area contributed by atoms with Gasteiger partial charge in [-0.2, -0.15) is 23.4 Å². The molecule has 0 aliphatic rings. The highest BCUT2D eigenvalue weighted by Crippen LogP contribution is 2.28. The number of hydrogen-bond donors (Lipinski definition) is 1. The van der Waals surface area contributed by atoms with Crippen molar-refractivity contribution >= 4 is 17.5 Å². The third-order valence-corrected chi connectivity index (χ3v) is 5.47. The molecule has 1 N–H and O–H groups in total. The number of aryl methyl sites for hydroxylation is 3. The van der Waals surface area contributed by atoms with Crippen LogP contribution in [0.5, 0.6) is 0 Å². The number of aromatic nitrogens is 4. The van der Waals surface area contributed by atoms with Gasteiger partial charge in [0.25, 0.3) is 5.91 Å². The van der Waals surface area contributed by atoms with Crippen molar-refractivity contribution in [3.63, 3.8) is 0 Å². The second kappa shape index (κ2) is 9.13. The van der Waals surface area contributed by atoms with E-state index in [4.69, 9.17) is 11.6 Å². The van der Waals surface area contributed by atoms with Crippen LogP contribution in [0, 0.1) is 20.8 Å². The Morgan fingerprint density at radius 2 is 1.87 bits per heavy atom. The van der Waals surface area contributed by atoms with Crippen molar-refractivity contribution in [3.05, 3.63) is 69.3 Å². The molecule has 0 bridgehead atoms. The van der Waals surface area contributed by atoms with Gasteiger partial charge in [0.1, 0.15) is 0 Å². The number of carbonyl (C=O) groups is 1. The number of nitrogens with one attached hydrogen (secondary N) is 1. The van der Waals surface area contributed by atoms with Crippen molar-refractivity contribution in [2.45, 2.75) is 46.5 Å². The van der Waals surface area contributed by atoms with E-state index in [9.17, 15) is 18.0 Å². The maximum atomic E-state index is 12.7. The SMILES string of the molecule is Cc1nn(Cc2cccc(C(=O)NCCCn3nc(C(F)(F)F)cc3C)c2)c(C)c1Cl. The molecule has 0 spiro atoms. The van der Waals surface area contributed by atoms with Gasteiger partial charge in [0, 0.05) is 24.3 Å². The van der Waals surface area contributed by atoms with Gasteiger partial charge < -0.3 is 5.32 Å². The number of amides is 1. The van der Waals surface area contributed by atoms with E-state index >= 15 is 0 Å². The largest absolute Gasteiger partial charge is 0.435 e. The van der Waals surface area contributed by atoms with Crippen molar-refractivity contribution in [1.29, 1.82) is 0 Å². The van der Waals surface area contributed by atoms with E-state index in [2.05, 4.69) is 15.5 Å². The van der Waals surface area contributed by atoms with Crippen LogP contribution in [0.3, 0.4) is 0 Å². The molecule has 0 aliphatic carbocycles. The molecule has 3 rings (SSSR count). The number of rotatable bonds is 7. The lowest BCUT2D eigenvalue weighted by atomic mass is 10.1. The molecule has 1 amide bonds. The molecule has 0 atom stereocenters. The first kappa shape index (κ1) is 22.9. The molecule has 6 nitrogen and oxygen atoms in total. The molecule has 0 saturated heterocycles. The van der Waals surface area contributed by atoms with Crippen LogP contribution in [0.1, 0.15) is 45.1 Å². The number of nitrogens with zero attached hydrogens (tertiary/aromatic N) is 4. The average Bonchev–Trinajstić information content (AvgIpc) is 3.20. The Bertz CT molecular complexity index is 1090. The van der Waals surface area contributed by atoms with Gasteiger partial charge in [0.2, 0.25) is 0 Å². The number of carbonyl (C=O) groups excluding carboxylic acids is 1. The minimum atomic E-state index is -4.46. The summed E-state index contributed by atoms with van der Waals surface area (Å²) in [7, 11) is 0. The van der Waals surface area contributed by atoms with Crippen LogP contribution in [-0.4, -0.2) is 32.0 Å². The Morgan fingerprint density at radius 3 is 2.48 bits per heavy atom. The Balaban J connectivity index is 1.55. The fraction of sp³-hybridized carbons (Fsp3) is 0.381. The third-order valence-electron chi connectivity index (χ3n) is 4.92. The fourth-order valence-corrected chi connectivity index (χ4v) is 3.36. The van der Waals surface area contributed by atoms with E-state index in [1.54, 1.807) is 29.8 Å². The highest BCUT2D eigenvalue weighted by molar-refractivity contribution is 6.31. The van der Waals surface area contributed by atoms with E-state index in [0.29, 0.717) is 35.8 Å². The van der Waals surface area contributed by atoms with Crippen LogP contribution >= 0.6 is 11.6 Å². The minimum absolute atomic E-state index is 0.249. The van der Waals surface area contributed by atoms with Crippen molar-refractivity contribution in [2.75, 3.05) is 6.54 Å². The number of alkyl halides is 3. The molecule has 0 saturated carbocycles. The fourth-order valence-electron chi connectivity index (χ4n) is 3.22. The summed E-state index contributed by atoms with van der Waals surface area (Å²) in [5.41, 5.74) is 2.53. The number of benzene rings is 1. The Morgan fingerprint density at radius 1 is 1.13 bits per heavy atom. The zero-order valence-corrected chi connectivity index (χ0v) is 18.2. The lowest BCUT2D eigenvalue weighted by molar-refractivity contribution is -0.141. The molecule has 0 fully saturated rings. The van der Waals surface area contributed by atoms with E-state index in [-0.39, 0.29) is 12.5 Å². The zero-order chi connectivity index (χ0) is 22.8. The van der Waals surface area contributed by atoms with Gasteiger partial charge in [0.15, 0.2) is 5.69 Å². The predicted molar refractivity (Wildman–Crippen MR) is 111 cm³/mol. The van der Waals surface area contributed by atoms with Gasteiger partial charge in [0.05, 0.1) is 23.0 Å². The van der Waals surface area contributed by atoms with Gasteiger partial charge in [-0.3, -0.25) is 14.2 Å². The van der Waals surface area contributed by atoms with E-state index < -0.39 is 11.9 Å². The van der Waals surface area contributed by atoms with Crippen LogP contribution in [0.25, 0.3) is 0 Å². The second-order valence-electron chi connectivity index (χ2n) is 7.34. The van der Waals surface area contributed by atoms with Gasteiger partial charge in [-0.05, 0) is 51.0 Å². The van der Waals surface area contributed by atoms with E-state index in [1.807, 2.05) is 19.9 Å². The zero-order valence-electron chi connectivity index (χ0n) is 17.4. The maximum absolute atomic E-state index is 12.7. The van der Waals surface area contributed by atoms with Crippen LogP contribution in [-0.2, 0) is 19.3 Å². The molecule has 2 heterocycles. The highest BCUT2D eigenvalue weighted by Gasteiger charge is 2.34. The van der Waals surface area contributed by atoms with Gasteiger partial charge in [-0.1, -0.05) is 23.7 Å². The molecule has 166 valence electrons. The molecule has 0 unspecified atom stereocenters. The average molecular weight is 454 g/mol. The van der Waals surface area contributed by atoms with Crippen LogP contribution in [0.15, 0.2) is 30.3 Å². The van der Waals surface area contributed by atoms with Crippen LogP contribution in [0.2, 0.25) is 5.02 Å². The molecule has 0 aliphatic heterocycles. The number of halogens is 4. The molecule has 3 aromatic rings. The van der Waals surface area contributed by atoms with Gasteiger partial charge in [-0.25, -0.2) is 0 Å². The summed E-state index contributed by atoms with van der Waals surface area (Å²) >= 11 is 6.19. The summed E-state index contributed by atoms with van der Waals surface area (Å²) in [6.07, 6.45) is -4.01. The van der Waals surface area contributed by atoms with Crippen LogP contribution < -0.4 is 5.32 Å². The van der Waals surface area contributed by atoms with Crippen molar-refractivity contribution in [1.82, 2.24) is 24.9 Å². The lowest BCUT2D eigenvalue weighted by Crippen LogP contribution is -2.25. The first-order chi connectivity index (χ1) is 14.6. The predicted octanol–water partition coefficient (Wildman–Crippen LogP) is 4.55. The second-order valence-corrected chi connectivity index (χ2v) is 7.72. The Hall–Kier alpha value is -2.81. The maximum Gasteiger partial charge on any atom is 0.435 e. The molecule has 31 heavy (non-hydrogen) atoms. The molecular weight excluding hydrogens is 431 g/mol. The molecule has 0 radical (unpaired) electrons. The third kappa shape index (κ3) is 5.46. The highest BCUT2D eigenvalue weighted by atomic mass is 35.5. The van der Waals surface area contributed by atoms with Crippen molar-refractivity contribution < 1.29 is 18.0 Å². The first-order valence-corrected chi connectivity index (χ1v) is 10.1. The summed E-state index contributed by atoms with van der Waals surface area (Å²) in [6.45, 7) is 6.38. The molecule has 1 aromatic carbocycles. The number of hydrogen-bond acceptors (Lipinski definition) is 3. The smallest absolute Gasteiger partial charge is 0.352 e. The Labute approximate surface area is 183 Å². The summed E-state index contributed by atoms with van der Waals surface area (Å²) in [4.78, 5) is 12.5. The van der Waals surface area contributed by atoms with Crippen molar-refractivity contribution in [3.8, 4) is 0 Å².